The van der Waals surface area contributed by atoms with Crippen LogP contribution in [0.4, 0.5) is 17.6 Å². The maximum Gasteiger partial charge on any atom is 0.322 e. The lowest BCUT2D eigenvalue weighted by atomic mass is 10.1. The number of nitro benzene ring substituents is 1. The molecular formula is C19H19N7O5. The molecule has 31 heavy (non-hydrogen) atoms. The summed E-state index contributed by atoms with van der Waals surface area (Å²) in [4.78, 5) is 25.5. The third kappa shape index (κ3) is 4.75. The summed E-state index contributed by atoms with van der Waals surface area (Å²) in [5, 5.41) is 15.3. The molecule has 0 aliphatic carbocycles. The van der Waals surface area contributed by atoms with Gasteiger partial charge in [0.25, 0.3) is 11.6 Å². The van der Waals surface area contributed by atoms with Gasteiger partial charge in [-0.2, -0.15) is 20.1 Å². The Balaban J connectivity index is 1.49. The molecule has 0 unspecified atom stereocenters. The van der Waals surface area contributed by atoms with Gasteiger partial charge in [-0.25, -0.2) is 5.43 Å². The van der Waals surface area contributed by atoms with Crippen LogP contribution in [0, 0.1) is 10.1 Å². The van der Waals surface area contributed by atoms with Gasteiger partial charge in [0, 0.05) is 19.2 Å². The first-order chi connectivity index (χ1) is 15.1. The van der Waals surface area contributed by atoms with Crippen LogP contribution < -0.4 is 15.1 Å². The predicted octanol–water partition coefficient (Wildman–Crippen LogP) is 2.33. The molecule has 0 amide bonds. The fraction of sp³-hybridized carbons (Fsp3) is 0.263. The van der Waals surface area contributed by atoms with E-state index < -0.39 is 4.92 Å². The van der Waals surface area contributed by atoms with Crippen molar-refractivity contribution in [1.82, 2.24) is 15.0 Å². The van der Waals surface area contributed by atoms with Crippen molar-refractivity contribution < 1.29 is 18.8 Å². The Morgan fingerprint density at radius 3 is 2.77 bits per heavy atom. The molecule has 1 aliphatic rings. The highest BCUT2D eigenvalue weighted by Crippen LogP contribution is 2.30. The van der Waals surface area contributed by atoms with Crippen molar-refractivity contribution in [1.29, 1.82) is 0 Å². The fourth-order valence-corrected chi connectivity index (χ4v) is 2.95. The number of benzene rings is 1. The molecule has 160 valence electrons. The first-order valence-corrected chi connectivity index (χ1v) is 9.39. The number of nitro groups is 1. The zero-order valence-electron chi connectivity index (χ0n) is 16.6. The molecule has 3 aromatic rings. The molecule has 0 saturated carbocycles. The second-order valence-corrected chi connectivity index (χ2v) is 6.39. The van der Waals surface area contributed by atoms with Gasteiger partial charge in [-0.15, -0.1) is 0 Å². The van der Waals surface area contributed by atoms with Crippen LogP contribution in [-0.4, -0.2) is 59.5 Å². The highest BCUT2D eigenvalue weighted by atomic mass is 16.6. The Morgan fingerprint density at radius 1 is 1.19 bits per heavy atom. The van der Waals surface area contributed by atoms with E-state index in [0.29, 0.717) is 49.3 Å². The number of rotatable bonds is 7. The van der Waals surface area contributed by atoms with E-state index in [9.17, 15) is 10.1 Å². The minimum absolute atomic E-state index is 0.0358. The van der Waals surface area contributed by atoms with Crippen molar-refractivity contribution in [2.75, 3.05) is 43.7 Å². The van der Waals surface area contributed by atoms with E-state index in [4.69, 9.17) is 13.9 Å². The van der Waals surface area contributed by atoms with Crippen LogP contribution in [0.15, 0.2) is 45.9 Å². The van der Waals surface area contributed by atoms with Crippen LogP contribution in [0.2, 0.25) is 0 Å². The topological polar surface area (TPSA) is 141 Å². The number of hydrogen-bond acceptors (Lipinski definition) is 11. The van der Waals surface area contributed by atoms with E-state index in [1.807, 2.05) is 4.90 Å². The number of nitrogens with one attached hydrogen (secondary N) is 1. The first-order valence-electron chi connectivity index (χ1n) is 9.39. The second kappa shape index (κ2) is 9.17. The highest BCUT2D eigenvalue weighted by Gasteiger charge is 2.18. The molecule has 4 rings (SSSR count). The van der Waals surface area contributed by atoms with E-state index >= 15 is 0 Å². The van der Waals surface area contributed by atoms with Crippen molar-refractivity contribution >= 4 is 23.8 Å². The highest BCUT2D eigenvalue weighted by molar-refractivity contribution is 5.79. The van der Waals surface area contributed by atoms with Crippen LogP contribution in [-0.2, 0) is 4.74 Å². The van der Waals surface area contributed by atoms with Gasteiger partial charge >= 0.3 is 6.01 Å². The number of aromatic nitrogens is 3. The van der Waals surface area contributed by atoms with Gasteiger partial charge in [-0.3, -0.25) is 10.1 Å². The Hall–Kier alpha value is -4.06. The van der Waals surface area contributed by atoms with Gasteiger partial charge in [0.2, 0.25) is 5.95 Å². The summed E-state index contributed by atoms with van der Waals surface area (Å²) in [5.41, 5.74) is 3.08. The molecule has 12 heteroatoms. The number of anilines is 2. The maximum absolute atomic E-state index is 11.2. The maximum atomic E-state index is 11.2. The van der Waals surface area contributed by atoms with E-state index in [1.165, 1.54) is 19.4 Å². The number of ether oxygens (including phenoxy) is 2. The van der Waals surface area contributed by atoms with Crippen LogP contribution in [0.3, 0.4) is 0 Å². The van der Waals surface area contributed by atoms with Crippen molar-refractivity contribution in [3.63, 3.8) is 0 Å². The van der Waals surface area contributed by atoms with Gasteiger partial charge < -0.3 is 18.8 Å². The minimum atomic E-state index is -0.451. The van der Waals surface area contributed by atoms with Crippen LogP contribution in [0.5, 0.6) is 6.01 Å². The smallest absolute Gasteiger partial charge is 0.322 e. The minimum Gasteiger partial charge on any atom is -0.467 e. The molecule has 1 aromatic carbocycles. The van der Waals surface area contributed by atoms with Crippen LogP contribution in [0.1, 0.15) is 5.76 Å². The number of furan rings is 1. The monoisotopic (exact) mass is 425 g/mol. The molecule has 1 saturated heterocycles. The number of hydrazone groups is 1. The summed E-state index contributed by atoms with van der Waals surface area (Å²) in [6, 6.07) is 9.82. The lowest BCUT2D eigenvalue weighted by molar-refractivity contribution is -0.384. The van der Waals surface area contributed by atoms with E-state index in [2.05, 4.69) is 25.5 Å². The van der Waals surface area contributed by atoms with E-state index in [1.54, 1.807) is 30.3 Å². The largest absolute Gasteiger partial charge is 0.467 e. The van der Waals surface area contributed by atoms with Gasteiger partial charge in [0.15, 0.2) is 0 Å². The summed E-state index contributed by atoms with van der Waals surface area (Å²) in [6.45, 7) is 2.51. The second-order valence-electron chi connectivity index (χ2n) is 6.39. The number of methoxy groups -OCH3 is 1. The average Bonchev–Trinajstić information content (AvgIpc) is 3.28. The van der Waals surface area contributed by atoms with Crippen molar-refractivity contribution in [3.8, 4) is 17.3 Å². The van der Waals surface area contributed by atoms with E-state index in [-0.39, 0.29) is 17.6 Å². The normalized spacial score (nSPS) is 14.0. The number of para-hydroxylation sites is 1. The lowest BCUT2D eigenvalue weighted by Gasteiger charge is -2.26. The molecule has 0 bridgehead atoms. The lowest BCUT2D eigenvalue weighted by Crippen LogP contribution is -2.37. The van der Waals surface area contributed by atoms with Gasteiger partial charge in [0.1, 0.15) is 11.5 Å². The molecular weight excluding hydrogens is 406 g/mol. The zero-order valence-corrected chi connectivity index (χ0v) is 16.6. The first kappa shape index (κ1) is 20.2. The molecule has 2 aromatic heterocycles. The summed E-state index contributed by atoms with van der Waals surface area (Å²) in [7, 11) is 1.47. The van der Waals surface area contributed by atoms with E-state index in [0.717, 1.165) is 0 Å². The Kier molecular flexibility index (Phi) is 5.98. The third-order valence-electron chi connectivity index (χ3n) is 4.43. The van der Waals surface area contributed by atoms with Gasteiger partial charge in [-0.1, -0.05) is 12.1 Å². The van der Waals surface area contributed by atoms with Crippen molar-refractivity contribution in [2.45, 2.75) is 0 Å². The van der Waals surface area contributed by atoms with Crippen LogP contribution in [0.25, 0.3) is 11.3 Å². The number of hydrogen-bond donors (Lipinski definition) is 1. The third-order valence-corrected chi connectivity index (χ3v) is 4.43. The van der Waals surface area contributed by atoms with Crippen molar-refractivity contribution in [2.24, 2.45) is 5.10 Å². The zero-order chi connectivity index (χ0) is 21.6. The fourth-order valence-electron chi connectivity index (χ4n) is 2.95. The van der Waals surface area contributed by atoms with Gasteiger partial charge in [0.05, 0.1) is 37.0 Å². The molecule has 12 nitrogen and oxygen atoms in total. The Bertz CT molecular complexity index is 1090. The average molecular weight is 425 g/mol. The Morgan fingerprint density at radius 2 is 2.00 bits per heavy atom. The SMILES string of the molecule is COc1nc(N/N=C\c2ccc(-c3ccccc3[N+](=O)[O-])o2)nc(N2CCOCC2)n1. The number of morpholine rings is 1. The summed E-state index contributed by atoms with van der Waals surface area (Å²) >= 11 is 0. The van der Waals surface area contributed by atoms with Gasteiger partial charge in [-0.05, 0) is 18.2 Å². The quantitative estimate of drug-likeness (QED) is 0.340. The molecule has 0 radical (unpaired) electrons. The number of nitrogens with zero attached hydrogens (tertiary/aromatic N) is 6. The standard InChI is InChI=1S/C19H19N7O5/c1-29-19-22-17(21-18(23-19)25-8-10-30-11-9-25)24-20-12-13-6-7-16(31-13)14-4-2-3-5-15(14)26(27)28/h2-7,12H,8-11H2,1H3,(H,21,22,23,24)/b20-12-. The predicted molar refractivity (Wildman–Crippen MR) is 111 cm³/mol. The molecule has 1 fully saturated rings. The molecule has 1 aliphatic heterocycles. The molecule has 0 spiro atoms. The molecule has 0 atom stereocenters. The Labute approximate surface area is 176 Å². The summed E-state index contributed by atoms with van der Waals surface area (Å²) < 4.78 is 16.2. The summed E-state index contributed by atoms with van der Waals surface area (Å²) in [5.74, 6) is 1.43. The molecule has 3 heterocycles. The molecule has 1 N–H and O–H groups in total. The van der Waals surface area contributed by atoms with Crippen molar-refractivity contribution in [3.05, 3.63) is 52.3 Å². The van der Waals surface area contributed by atoms with Crippen LogP contribution >= 0.6 is 0 Å². The summed E-state index contributed by atoms with van der Waals surface area (Å²) in [6.07, 6.45) is 1.42.